The van der Waals surface area contributed by atoms with Gasteiger partial charge in [0.2, 0.25) is 0 Å². The van der Waals surface area contributed by atoms with E-state index in [0.29, 0.717) is 6.04 Å². The summed E-state index contributed by atoms with van der Waals surface area (Å²) in [4.78, 5) is 3.26. The molecule has 1 aromatic heterocycles. The summed E-state index contributed by atoms with van der Waals surface area (Å²) in [5, 5.41) is 4.96. The Morgan fingerprint density at radius 1 is 1.22 bits per heavy atom. The second-order valence-corrected chi connectivity index (χ2v) is 5.13. The van der Waals surface area contributed by atoms with Crippen LogP contribution < -0.4 is 5.32 Å². The summed E-state index contributed by atoms with van der Waals surface area (Å²) in [7, 11) is 0. The molecule has 0 amide bonds. The summed E-state index contributed by atoms with van der Waals surface area (Å²) in [6.07, 6.45) is 7.27. The fraction of sp³-hybridized carbons (Fsp3) is 0.500. The van der Waals surface area contributed by atoms with Crippen molar-refractivity contribution in [1.82, 2.24) is 10.3 Å². The zero-order chi connectivity index (χ0) is 12.8. The number of aromatic nitrogens is 1. The average molecular weight is 244 g/mol. The first-order valence-corrected chi connectivity index (χ1v) is 7.09. The van der Waals surface area contributed by atoms with Crippen LogP contribution >= 0.6 is 0 Å². The maximum absolute atomic E-state index is 3.63. The van der Waals surface area contributed by atoms with Crippen LogP contribution in [0.1, 0.15) is 45.1 Å². The van der Waals surface area contributed by atoms with E-state index >= 15 is 0 Å². The van der Waals surface area contributed by atoms with Crippen molar-refractivity contribution in [1.29, 1.82) is 0 Å². The summed E-state index contributed by atoms with van der Waals surface area (Å²) in [5.74, 6) is 0. The number of rotatable bonds is 7. The Morgan fingerprint density at radius 2 is 2.11 bits per heavy atom. The van der Waals surface area contributed by atoms with Gasteiger partial charge in [0, 0.05) is 29.7 Å². The van der Waals surface area contributed by atoms with Crippen molar-refractivity contribution in [2.45, 2.75) is 52.1 Å². The SMILES string of the molecule is CCCCCC(C)NCc1cccc2[nH]ccc12. The molecule has 0 aliphatic carbocycles. The Hall–Kier alpha value is -1.28. The van der Waals surface area contributed by atoms with E-state index in [9.17, 15) is 0 Å². The molecule has 1 atom stereocenters. The van der Waals surface area contributed by atoms with Gasteiger partial charge in [-0.2, -0.15) is 0 Å². The van der Waals surface area contributed by atoms with E-state index in [2.05, 4.69) is 48.4 Å². The molecule has 0 aliphatic rings. The molecule has 0 fully saturated rings. The smallest absolute Gasteiger partial charge is 0.0457 e. The fourth-order valence-corrected chi connectivity index (χ4v) is 2.39. The molecule has 1 heterocycles. The largest absolute Gasteiger partial charge is 0.361 e. The minimum atomic E-state index is 0.603. The molecule has 0 aliphatic heterocycles. The van der Waals surface area contributed by atoms with Gasteiger partial charge < -0.3 is 10.3 Å². The molecule has 2 heteroatoms. The minimum Gasteiger partial charge on any atom is -0.361 e. The highest BCUT2D eigenvalue weighted by atomic mass is 14.9. The number of fused-ring (bicyclic) bond motifs is 1. The summed E-state index contributed by atoms with van der Waals surface area (Å²) >= 11 is 0. The van der Waals surface area contributed by atoms with Crippen molar-refractivity contribution >= 4 is 10.9 Å². The van der Waals surface area contributed by atoms with E-state index in [4.69, 9.17) is 0 Å². The Labute approximate surface area is 110 Å². The minimum absolute atomic E-state index is 0.603. The predicted molar refractivity (Wildman–Crippen MR) is 78.7 cm³/mol. The van der Waals surface area contributed by atoms with Gasteiger partial charge in [-0.3, -0.25) is 0 Å². The monoisotopic (exact) mass is 244 g/mol. The third kappa shape index (κ3) is 3.36. The number of aromatic amines is 1. The number of hydrogen-bond acceptors (Lipinski definition) is 1. The van der Waals surface area contributed by atoms with Crippen molar-refractivity contribution in [2.75, 3.05) is 0 Å². The summed E-state index contributed by atoms with van der Waals surface area (Å²) in [6, 6.07) is 9.22. The zero-order valence-corrected chi connectivity index (χ0v) is 11.5. The maximum atomic E-state index is 3.63. The van der Waals surface area contributed by atoms with Crippen LogP contribution in [-0.2, 0) is 6.54 Å². The average Bonchev–Trinajstić information content (AvgIpc) is 2.85. The van der Waals surface area contributed by atoms with Crippen LogP contribution in [0.15, 0.2) is 30.5 Å². The quantitative estimate of drug-likeness (QED) is 0.701. The molecule has 2 rings (SSSR count). The van der Waals surface area contributed by atoms with Crippen molar-refractivity contribution in [3.05, 3.63) is 36.0 Å². The van der Waals surface area contributed by atoms with E-state index < -0.39 is 0 Å². The summed E-state index contributed by atoms with van der Waals surface area (Å²) in [6.45, 7) is 5.50. The Bertz CT molecular complexity index is 473. The lowest BCUT2D eigenvalue weighted by Gasteiger charge is -2.14. The van der Waals surface area contributed by atoms with Crippen LogP contribution in [0.4, 0.5) is 0 Å². The van der Waals surface area contributed by atoms with E-state index in [1.54, 1.807) is 0 Å². The van der Waals surface area contributed by atoms with E-state index in [0.717, 1.165) is 6.54 Å². The lowest BCUT2D eigenvalue weighted by atomic mass is 10.1. The van der Waals surface area contributed by atoms with E-state index in [-0.39, 0.29) is 0 Å². The van der Waals surface area contributed by atoms with Crippen LogP contribution in [-0.4, -0.2) is 11.0 Å². The summed E-state index contributed by atoms with van der Waals surface area (Å²) < 4.78 is 0. The zero-order valence-electron chi connectivity index (χ0n) is 11.5. The second kappa shape index (κ2) is 6.60. The molecule has 0 spiro atoms. The van der Waals surface area contributed by atoms with Crippen LogP contribution in [0, 0.1) is 0 Å². The first-order chi connectivity index (χ1) is 8.81. The lowest BCUT2D eigenvalue weighted by Crippen LogP contribution is -2.25. The molecule has 1 unspecified atom stereocenters. The van der Waals surface area contributed by atoms with Crippen LogP contribution in [0.5, 0.6) is 0 Å². The van der Waals surface area contributed by atoms with Gasteiger partial charge in [-0.05, 0) is 31.0 Å². The molecule has 1 aromatic carbocycles. The molecule has 0 saturated carbocycles. The maximum Gasteiger partial charge on any atom is 0.0457 e. The highest BCUT2D eigenvalue weighted by Crippen LogP contribution is 2.17. The van der Waals surface area contributed by atoms with E-state index in [1.165, 1.54) is 42.1 Å². The van der Waals surface area contributed by atoms with Crippen LogP contribution in [0.25, 0.3) is 10.9 Å². The van der Waals surface area contributed by atoms with Gasteiger partial charge in [0.05, 0.1) is 0 Å². The second-order valence-electron chi connectivity index (χ2n) is 5.13. The molecular weight excluding hydrogens is 220 g/mol. The molecule has 2 N–H and O–H groups in total. The van der Waals surface area contributed by atoms with Gasteiger partial charge >= 0.3 is 0 Å². The van der Waals surface area contributed by atoms with Gasteiger partial charge in [-0.25, -0.2) is 0 Å². The van der Waals surface area contributed by atoms with Gasteiger partial charge in [-0.1, -0.05) is 38.3 Å². The first-order valence-electron chi connectivity index (χ1n) is 7.09. The van der Waals surface area contributed by atoms with Crippen molar-refractivity contribution < 1.29 is 0 Å². The summed E-state index contributed by atoms with van der Waals surface area (Å²) in [5.41, 5.74) is 2.61. The van der Waals surface area contributed by atoms with Crippen molar-refractivity contribution in [3.8, 4) is 0 Å². The van der Waals surface area contributed by atoms with Crippen molar-refractivity contribution in [3.63, 3.8) is 0 Å². The number of hydrogen-bond donors (Lipinski definition) is 2. The first kappa shape index (κ1) is 13.2. The molecule has 0 bridgehead atoms. The number of H-pyrrole nitrogens is 1. The van der Waals surface area contributed by atoms with Gasteiger partial charge in [0.1, 0.15) is 0 Å². The number of benzene rings is 1. The van der Waals surface area contributed by atoms with Crippen molar-refractivity contribution in [2.24, 2.45) is 0 Å². The van der Waals surface area contributed by atoms with Gasteiger partial charge in [0.25, 0.3) is 0 Å². The predicted octanol–water partition coefficient (Wildman–Crippen LogP) is 4.23. The fourth-order valence-electron chi connectivity index (χ4n) is 2.39. The highest BCUT2D eigenvalue weighted by molar-refractivity contribution is 5.82. The normalized spacial score (nSPS) is 13.0. The van der Waals surface area contributed by atoms with Crippen LogP contribution in [0.3, 0.4) is 0 Å². The standard InChI is InChI=1S/C16H24N2/c1-3-4-5-7-13(2)18-12-14-8-6-9-16-15(14)10-11-17-16/h6,8-11,13,17-18H,3-5,7,12H2,1-2H3. The molecule has 98 valence electrons. The molecule has 0 saturated heterocycles. The van der Waals surface area contributed by atoms with E-state index in [1.807, 2.05) is 6.20 Å². The lowest BCUT2D eigenvalue weighted by molar-refractivity contribution is 0.488. The third-order valence-electron chi connectivity index (χ3n) is 3.57. The topological polar surface area (TPSA) is 27.8 Å². The highest BCUT2D eigenvalue weighted by Gasteiger charge is 2.04. The Kier molecular flexibility index (Phi) is 4.82. The number of nitrogens with one attached hydrogen (secondary N) is 2. The van der Waals surface area contributed by atoms with Gasteiger partial charge in [0.15, 0.2) is 0 Å². The molecule has 18 heavy (non-hydrogen) atoms. The number of unbranched alkanes of at least 4 members (excludes halogenated alkanes) is 2. The third-order valence-corrected chi connectivity index (χ3v) is 3.57. The Balaban J connectivity index is 1.88. The van der Waals surface area contributed by atoms with Gasteiger partial charge in [-0.15, -0.1) is 0 Å². The molecule has 2 nitrogen and oxygen atoms in total. The molecule has 2 aromatic rings. The molecular formula is C16H24N2. The molecule has 0 radical (unpaired) electrons. The Morgan fingerprint density at radius 3 is 2.94 bits per heavy atom. The van der Waals surface area contributed by atoms with Crippen LogP contribution in [0.2, 0.25) is 0 Å².